The molecule has 0 bridgehead atoms. The van der Waals surface area contributed by atoms with E-state index in [1.165, 1.54) is 20.3 Å². The van der Waals surface area contributed by atoms with E-state index < -0.39 is 5.91 Å². The molecule has 3 aromatic carbocycles. The van der Waals surface area contributed by atoms with Crippen LogP contribution in [0.1, 0.15) is 11.1 Å². The number of amides is 1. The van der Waals surface area contributed by atoms with Gasteiger partial charge >= 0.3 is 0 Å². The second-order valence-electron chi connectivity index (χ2n) is 6.68. The topological polar surface area (TPSA) is 80.6 Å². The van der Waals surface area contributed by atoms with Crippen LogP contribution in [0, 0.1) is 11.3 Å². The van der Waals surface area contributed by atoms with Crippen LogP contribution in [0.15, 0.2) is 72.3 Å². The SMILES string of the molecule is COc1ccc(/C=C(\C#N)C(=O)Nc2ccc(OCc3ccc(Cl)cc3)cc2)cc1OC. The molecule has 0 unspecified atom stereocenters. The van der Waals surface area contributed by atoms with E-state index in [4.69, 9.17) is 25.8 Å². The molecule has 0 aliphatic carbocycles. The Bertz CT molecular complexity index is 1150. The molecule has 6 nitrogen and oxygen atoms in total. The number of hydrogen-bond acceptors (Lipinski definition) is 5. The van der Waals surface area contributed by atoms with Crippen LogP contribution in [-0.4, -0.2) is 20.1 Å². The van der Waals surface area contributed by atoms with Gasteiger partial charge < -0.3 is 19.5 Å². The second-order valence-corrected chi connectivity index (χ2v) is 7.11. The first-order valence-electron chi connectivity index (χ1n) is 9.65. The van der Waals surface area contributed by atoms with Gasteiger partial charge in [0.2, 0.25) is 0 Å². The Morgan fingerprint density at radius 3 is 2.31 bits per heavy atom. The summed E-state index contributed by atoms with van der Waals surface area (Å²) in [5.41, 5.74) is 2.13. The van der Waals surface area contributed by atoms with Crippen LogP contribution in [-0.2, 0) is 11.4 Å². The molecule has 0 saturated carbocycles. The van der Waals surface area contributed by atoms with Crippen molar-refractivity contribution in [3.05, 3.63) is 88.5 Å². The van der Waals surface area contributed by atoms with Gasteiger partial charge in [0.1, 0.15) is 24.0 Å². The van der Waals surface area contributed by atoms with Gasteiger partial charge in [0.25, 0.3) is 5.91 Å². The predicted octanol–water partition coefficient (Wildman–Crippen LogP) is 5.48. The summed E-state index contributed by atoms with van der Waals surface area (Å²) in [5.74, 6) is 1.20. The average Bonchev–Trinajstić information content (AvgIpc) is 2.82. The van der Waals surface area contributed by atoms with Crippen LogP contribution < -0.4 is 19.5 Å². The zero-order valence-electron chi connectivity index (χ0n) is 17.6. The first-order valence-corrected chi connectivity index (χ1v) is 10.0. The minimum atomic E-state index is -0.517. The van der Waals surface area contributed by atoms with Crippen molar-refractivity contribution in [1.82, 2.24) is 0 Å². The molecule has 0 radical (unpaired) electrons. The number of carbonyl (C=O) groups excluding carboxylic acids is 1. The Labute approximate surface area is 191 Å². The van der Waals surface area contributed by atoms with Crippen LogP contribution in [0.25, 0.3) is 6.08 Å². The first-order chi connectivity index (χ1) is 15.5. The van der Waals surface area contributed by atoms with E-state index in [0.29, 0.717) is 40.1 Å². The highest BCUT2D eigenvalue weighted by Gasteiger charge is 2.11. The largest absolute Gasteiger partial charge is 0.493 e. The zero-order valence-corrected chi connectivity index (χ0v) is 18.3. The highest BCUT2D eigenvalue weighted by molar-refractivity contribution is 6.30. The van der Waals surface area contributed by atoms with Gasteiger partial charge in [0.15, 0.2) is 11.5 Å². The lowest BCUT2D eigenvalue weighted by molar-refractivity contribution is -0.112. The average molecular weight is 449 g/mol. The quantitative estimate of drug-likeness (QED) is 0.364. The Kier molecular flexibility index (Phi) is 7.74. The second kappa shape index (κ2) is 10.9. The Balaban J connectivity index is 1.64. The molecule has 0 aliphatic heterocycles. The van der Waals surface area contributed by atoms with Gasteiger partial charge in [-0.2, -0.15) is 5.26 Å². The molecule has 1 N–H and O–H groups in total. The van der Waals surface area contributed by atoms with Gasteiger partial charge in [-0.1, -0.05) is 29.8 Å². The van der Waals surface area contributed by atoms with Crippen LogP contribution in [0.4, 0.5) is 5.69 Å². The monoisotopic (exact) mass is 448 g/mol. The van der Waals surface area contributed by atoms with Crippen molar-refractivity contribution in [3.8, 4) is 23.3 Å². The summed E-state index contributed by atoms with van der Waals surface area (Å²) in [4.78, 5) is 12.5. The molecular weight excluding hydrogens is 428 g/mol. The highest BCUT2D eigenvalue weighted by Crippen LogP contribution is 2.28. The van der Waals surface area contributed by atoms with Crippen LogP contribution >= 0.6 is 11.6 Å². The standard InChI is InChI=1S/C25H21ClN2O4/c1-30-23-12-5-18(14-24(23)31-2)13-19(15-27)25(29)28-21-8-10-22(11-9-21)32-16-17-3-6-20(26)7-4-17/h3-14H,16H2,1-2H3,(H,28,29)/b19-13+. The molecule has 0 aromatic heterocycles. The molecule has 162 valence electrons. The van der Waals surface area contributed by atoms with E-state index in [0.717, 1.165) is 5.56 Å². The molecule has 0 spiro atoms. The van der Waals surface area contributed by atoms with Gasteiger partial charge in [-0.25, -0.2) is 0 Å². The van der Waals surface area contributed by atoms with Crippen LogP contribution in [0.2, 0.25) is 5.02 Å². The van der Waals surface area contributed by atoms with Crippen molar-refractivity contribution in [3.63, 3.8) is 0 Å². The number of benzene rings is 3. The minimum absolute atomic E-state index is 0.0414. The van der Waals surface area contributed by atoms with Crippen molar-refractivity contribution >= 4 is 29.3 Å². The number of nitrogens with one attached hydrogen (secondary N) is 1. The molecule has 3 aromatic rings. The third kappa shape index (κ3) is 6.03. The van der Waals surface area contributed by atoms with Crippen molar-refractivity contribution in [2.75, 3.05) is 19.5 Å². The first kappa shape index (κ1) is 22.7. The normalized spacial score (nSPS) is 10.8. The molecule has 32 heavy (non-hydrogen) atoms. The molecule has 0 saturated heterocycles. The number of anilines is 1. The van der Waals surface area contributed by atoms with E-state index in [1.54, 1.807) is 54.6 Å². The Morgan fingerprint density at radius 1 is 1.00 bits per heavy atom. The Morgan fingerprint density at radius 2 is 1.69 bits per heavy atom. The fourth-order valence-electron chi connectivity index (χ4n) is 2.84. The molecule has 0 aliphatic rings. The molecule has 1 amide bonds. The number of methoxy groups -OCH3 is 2. The van der Waals surface area contributed by atoms with Crippen LogP contribution in [0.5, 0.6) is 17.2 Å². The smallest absolute Gasteiger partial charge is 0.266 e. The van der Waals surface area contributed by atoms with Crippen molar-refractivity contribution < 1.29 is 19.0 Å². The summed E-state index contributed by atoms with van der Waals surface area (Å²) in [6.07, 6.45) is 1.49. The fraction of sp³-hybridized carbons (Fsp3) is 0.120. The van der Waals surface area contributed by atoms with Crippen molar-refractivity contribution in [2.24, 2.45) is 0 Å². The number of ether oxygens (including phenoxy) is 3. The molecule has 0 fully saturated rings. The van der Waals surface area contributed by atoms with E-state index in [2.05, 4.69) is 5.32 Å². The number of carbonyl (C=O) groups is 1. The van der Waals surface area contributed by atoms with Gasteiger partial charge in [-0.05, 0) is 65.7 Å². The molecular formula is C25H21ClN2O4. The van der Waals surface area contributed by atoms with E-state index in [-0.39, 0.29) is 5.57 Å². The third-order valence-corrected chi connectivity index (χ3v) is 4.77. The number of hydrogen-bond donors (Lipinski definition) is 1. The van der Waals surface area contributed by atoms with E-state index >= 15 is 0 Å². The van der Waals surface area contributed by atoms with Gasteiger partial charge in [0.05, 0.1) is 14.2 Å². The maximum atomic E-state index is 12.5. The summed E-state index contributed by atoms with van der Waals surface area (Å²) < 4.78 is 16.2. The maximum absolute atomic E-state index is 12.5. The number of rotatable bonds is 8. The zero-order chi connectivity index (χ0) is 22.9. The van der Waals surface area contributed by atoms with Gasteiger partial charge in [-0.3, -0.25) is 4.79 Å². The summed E-state index contributed by atoms with van der Waals surface area (Å²) in [7, 11) is 3.06. The predicted molar refractivity (Wildman–Crippen MR) is 124 cm³/mol. The molecule has 7 heteroatoms. The molecule has 0 atom stereocenters. The number of nitrogens with zero attached hydrogens (tertiary/aromatic N) is 1. The summed E-state index contributed by atoms with van der Waals surface area (Å²) in [6.45, 7) is 0.398. The van der Waals surface area contributed by atoms with E-state index in [9.17, 15) is 10.1 Å². The van der Waals surface area contributed by atoms with Gasteiger partial charge in [0, 0.05) is 10.7 Å². The summed E-state index contributed by atoms with van der Waals surface area (Å²) in [6, 6.07) is 21.4. The van der Waals surface area contributed by atoms with Crippen molar-refractivity contribution in [1.29, 1.82) is 5.26 Å². The maximum Gasteiger partial charge on any atom is 0.266 e. The van der Waals surface area contributed by atoms with Crippen LogP contribution in [0.3, 0.4) is 0 Å². The minimum Gasteiger partial charge on any atom is -0.493 e. The molecule has 3 rings (SSSR count). The van der Waals surface area contributed by atoms with Crippen molar-refractivity contribution in [2.45, 2.75) is 6.61 Å². The highest BCUT2D eigenvalue weighted by atomic mass is 35.5. The Hall–Kier alpha value is -3.95. The summed E-state index contributed by atoms with van der Waals surface area (Å²) in [5, 5.41) is 12.8. The lowest BCUT2D eigenvalue weighted by atomic mass is 10.1. The summed E-state index contributed by atoms with van der Waals surface area (Å²) >= 11 is 5.88. The number of halogens is 1. The van der Waals surface area contributed by atoms with Gasteiger partial charge in [-0.15, -0.1) is 0 Å². The lowest BCUT2D eigenvalue weighted by Gasteiger charge is -2.09. The lowest BCUT2D eigenvalue weighted by Crippen LogP contribution is -2.13. The molecule has 0 heterocycles. The fourth-order valence-corrected chi connectivity index (χ4v) is 2.96. The third-order valence-electron chi connectivity index (χ3n) is 4.51. The number of nitriles is 1. The van der Waals surface area contributed by atoms with E-state index in [1.807, 2.05) is 18.2 Å².